The number of anilines is 2. The first kappa shape index (κ1) is 27.6. The van der Waals surface area contributed by atoms with Crippen molar-refractivity contribution in [2.75, 3.05) is 23.8 Å². The van der Waals surface area contributed by atoms with Crippen molar-refractivity contribution in [1.82, 2.24) is 0 Å². The standard InChI is InChI=1S/C27H34N2O6/c1-5-19-9-7-10-20(6-2)26(19)29-24(31)17-34-25(32)14-13-23(30)28-22-12-8-11-21(15-22)27(33)35-16-18(3)4/h7-12,15,18H,5-6,13-14,16-17H2,1-4H3,(H,28,30)(H,29,31). The Morgan fingerprint density at radius 1 is 0.829 bits per heavy atom. The molecule has 0 bridgehead atoms. The first-order valence-electron chi connectivity index (χ1n) is 11.9. The second kappa shape index (κ2) is 13.9. The zero-order chi connectivity index (χ0) is 25.8. The maximum Gasteiger partial charge on any atom is 0.338 e. The van der Waals surface area contributed by atoms with Gasteiger partial charge in [-0.3, -0.25) is 14.4 Å². The summed E-state index contributed by atoms with van der Waals surface area (Å²) in [5.41, 5.74) is 3.52. The summed E-state index contributed by atoms with van der Waals surface area (Å²) in [7, 11) is 0. The number of amides is 2. The van der Waals surface area contributed by atoms with Crippen molar-refractivity contribution in [2.24, 2.45) is 5.92 Å². The predicted octanol–water partition coefficient (Wildman–Crippen LogP) is 4.52. The molecule has 188 valence electrons. The summed E-state index contributed by atoms with van der Waals surface area (Å²) in [5, 5.41) is 5.48. The van der Waals surface area contributed by atoms with Gasteiger partial charge in [0, 0.05) is 17.8 Å². The number of para-hydroxylation sites is 1. The highest BCUT2D eigenvalue weighted by Gasteiger charge is 2.14. The van der Waals surface area contributed by atoms with Crippen molar-refractivity contribution in [1.29, 1.82) is 0 Å². The molecule has 0 radical (unpaired) electrons. The fraction of sp³-hybridized carbons (Fsp3) is 0.407. The highest BCUT2D eigenvalue weighted by atomic mass is 16.5. The molecule has 0 heterocycles. The highest BCUT2D eigenvalue weighted by Crippen LogP contribution is 2.22. The minimum absolute atomic E-state index is 0.124. The smallest absolute Gasteiger partial charge is 0.338 e. The summed E-state index contributed by atoms with van der Waals surface area (Å²) in [4.78, 5) is 48.6. The molecule has 0 aliphatic carbocycles. The molecule has 0 aliphatic rings. The zero-order valence-electron chi connectivity index (χ0n) is 20.8. The van der Waals surface area contributed by atoms with Crippen LogP contribution in [0.2, 0.25) is 0 Å². The summed E-state index contributed by atoms with van der Waals surface area (Å²) in [6, 6.07) is 12.2. The monoisotopic (exact) mass is 482 g/mol. The van der Waals surface area contributed by atoms with Gasteiger partial charge in [0.25, 0.3) is 5.91 Å². The van der Waals surface area contributed by atoms with E-state index < -0.39 is 30.4 Å². The second-order valence-corrected chi connectivity index (χ2v) is 8.49. The molecule has 0 aliphatic heterocycles. The Hall–Kier alpha value is -3.68. The van der Waals surface area contributed by atoms with Crippen LogP contribution in [0, 0.1) is 5.92 Å². The number of esters is 2. The molecule has 35 heavy (non-hydrogen) atoms. The molecule has 0 saturated carbocycles. The number of carbonyl (C=O) groups excluding carboxylic acids is 4. The number of ether oxygens (including phenoxy) is 2. The molecule has 0 aromatic heterocycles. The van der Waals surface area contributed by atoms with Crippen LogP contribution in [-0.4, -0.2) is 37.0 Å². The van der Waals surface area contributed by atoms with E-state index in [0.29, 0.717) is 17.9 Å². The molecule has 0 spiro atoms. The van der Waals surface area contributed by atoms with Crippen molar-refractivity contribution >= 4 is 35.1 Å². The van der Waals surface area contributed by atoms with Gasteiger partial charge in [-0.2, -0.15) is 0 Å². The molecule has 2 amide bonds. The summed E-state index contributed by atoms with van der Waals surface area (Å²) in [6.45, 7) is 7.77. The molecular formula is C27H34N2O6. The maximum atomic E-state index is 12.3. The number of hydrogen-bond acceptors (Lipinski definition) is 6. The van der Waals surface area contributed by atoms with E-state index in [1.54, 1.807) is 18.2 Å². The Kier molecular flexibility index (Phi) is 10.9. The molecule has 8 heteroatoms. The normalized spacial score (nSPS) is 10.5. The minimum Gasteiger partial charge on any atom is -0.462 e. The lowest BCUT2D eigenvalue weighted by Gasteiger charge is -2.14. The van der Waals surface area contributed by atoms with Crippen molar-refractivity contribution < 1.29 is 28.7 Å². The Morgan fingerprint density at radius 2 is 1.49 bits per heavy atom. The third kappa shape index (κ3) is 9.23. The molecule has 0 saturated heterocycles. The number of hydrogen-bond donors (Lipinski definition) is 2. The van der Waals surface area contributed by atoms with Crippen LogP contribution in [0.25, 0.3) is 0 Å². The van der Waals surface area contributed by atoms with E-state index in [-0.39, 0.29) is 18.8 Å². The lowest BCUT2D eigenvalue weighted by Crippen LogP contribution is -2.23. The van der Waals surface area contributed by atoms with Crippen LogP contribution in [0.4, 0.5) is 11.4 Å². The van der Waals surface area contributed by atoms with Crippen molar-refractivity contribution in [3.63, 3.8) is 0 Å². The van der Waals surface area contributed by atoms with E-state index in [4.69, 9.17) is 9.47 Å². The van der Waals surface area contributed by atoms with E-state index in [1.165, 1.54) is 6.07 Å². The predicted molar refractivity (Wildman–Crippen MR) is 134 cm³/mol. The number of aryl methyl sites for hydroxylation is 2. The Morgan fingerprint density at radius 3 is 2.11 bits per heavy atom. The van der Waals surface area contributed by atoms with Gasteiger partial charge in [-0.15, -0.1) is 0 Å². The van der Waals surface area contributed by atoms with Gasteiger partial charge in [0.2, 0.25) is 5.91 Å². The van der Waals surface area contributed by atoms with Crippen molar-refractivity contribution in [3.05, 3.63) is 59.2 Å². The third-order valence-corrected chi connectivity index (χ3v) is 5.11. The first-order valence-corrected chi connectivity index (χ1v) is 11.9. The van der Waals surface area contributed by atoms with Gasteiger partial charge in [0.15, 0.2) is 6.61 Å². The quantitative estimate of drug-likeness (QED) is 0.430. The molecule has 0 atom stereocenters. The number of nitrogens with one attached hydrogen (secondary N) is 2. The van der Waals surface area contributed by atoms with Gasteiger partial charge in [0.05, 0.1) is 18.6 Å². The van der Waals surface area contributed by atoms with E-state index in [0.717, 1.165) is 29.7 Å². The molecule has 8 nitrogen and oxygen atoms in total. The average Bonchev–Trinajstić information content (AvgIpc) is 2.84. The van der Waals surface area contributed by atoms with E-state index >= 15 is 0 Å². The largest absolute Gasteiger partial charge is 0.462 e. The van der Waals surface area contributed by atoms with E-state index in [1.807, 2.05) is 45.9 Å². The highest BCUT2D eigenvalue weighted by molar-refractivity contribution is 5.96. The van der Waals surface area contributed by atoms with E-state index in [9.17, 15) is 19.2 Å². The lowest BCUT2D eigenvalue weighted by molar-refractivity contribution is -0.147. The topological polar surface area (TPSA) is 111 Å². The van der Waals surface area contributed by atoms with E-state index in [2.05, 4.69) is 10.6 Å². The summed E-state index contributed by atoms with van der Waals surface area (Å²) in [5.74, 6) is -1.75. The van der Waals surface area contributed by atoms with Gasteiger partial charge in [-0.1, -0.05) is 52.0 Å². The Balaban J connectivity index is 1.79. The third-order valence-electron chi connectivity index (χ3n) is 5.11. The fourth-order valence-corrected chi connectivity index (χ4v) is 3.29. The number of carbonyl (C=O) groups is 4. The Labute approximate surface area is 206 Å². The molecule has 2 N–H and O–H groups in total. The molecule has 0 fully saturated rings. The molecule has 2 rings (SSSR count). The van der Waals surface area contributed by atoms with Crippen LogP contribution in [0.1, 0.15) is 62.0 Å². The van der Waals surface area contributed by atoms with Gasteiger partial charge >= 0.3 is 11.9 Å². The van der Waals surface area contributed by atoms with Crippen LogP contribution in [-0.2, 0) is 36.7 Å². The molecule has 2 aromatic carbocycles. The van der Waals surface area contributed by atoms with Gasteiger partial charge in [0.1, 0.15) is 0 Å². The Bertz CT molecular complexity index is 1030. The summed E-state index contributed by atoms with van der Waals surface area (Å²) >= 11 is 0. The van der Waals surface area contributed by atoms with Crippen molar-refractivity contribution in [3.8, 4) is 0 Å². The van der Waals surface area contributed by atoms with Crippen LogP contribution in [0.5, 0.6) is 0 Å². The second-order valence-electron chi connectivity index (χ2n) is 8.49. The maximum absolute atomic E-state index is 12.3. The van der Waals surface area contributed by atoms with Crippen molar-refractivity contribution in [2.45, 2.75) is 53.4 Å². The molecule has 0 unspecified atom stereocenters. The van der Waals surface area contributed by atoms with Crippen LogP contribution in [0.3, 0.4) is 0 Å². The lowest BCUT2D eigenvalue weighted by atomic mass is 10.0. The SMILES string of the molecule is CCc1cccc(CC)c1NC(=O)COC(=O)CCC(=O)Nc1cccc(C(=O)OCC(C)C)c1. The van der Waals surface area contributed by atoms with Gasteiger partial charge in [-0.25, -0.2) is 4.79 Å². The number of benzene rings is 2. The van der Waals surface area contributed by atoms with Gasteiger partial charge in [-0.05, 0) is 48.1 Å². The zero-order valence-corrected chi connectivity index (χ0v) is 20.8. The minimum atomic E-state index is -0.652. The van der Waals surface area contributed by atoms with Crippen LogP contribution < -0.4 is 10.6 Å². The fourth-order valence-electron chi connectivity index (χ4n) is 3.29. The van der Waals surface area contributed by atoms with Crippen LogP contribution in [0.15, 0.2) is 42.5 Å². The van der Waals surface area contributed by atoms with Crippen LogP contribution >= 0.6 is 0 Å². The summed E-state index contributed by atoms with van der Waals surface area (Å²) < 4.78 is 10.2. The average molecular weight is 483 g/mol. The number of rotatable bonds is 12. The first-order chi connectivity index (χ1) is 16.7. The molecule has 2 aromatic rings. The summed E-state index contributed by atoms with van der Waals surface area (Å²) in [6.07, 6.45) is 1.23. The van der Waals surface area contributed by atoms with Gasteiger partial charge < -0.3 is 20.1 Å². The molecular weight excluding hydrogens is 448 g/mol.